The number of aliphatic carboxylic acids is 1. The normalized spacial score (nSPS) is 26.9. The highest BCUT2D eigenvalue weighted by Crippen LogP contribution is 2.59. The number of Topliss-reactive ketones (excluding diaryl/α,β-unsaturated/α-hetero) is 2. The second-order valence-electron chi connectivity index (χ2n) is 18.3. The standard InChI is InChI=1S/C48H61N3O8/c1-29(2)15-14-21-46(10)22-20-33-39(52)36-40(53)37-38(51-27-25-50(26-28-51)35-16-12-13-24-49-35)32(6)43(54)48(59-45(7,8)9,23-19-31(5)44(55)56)47(37,11)58-42(36)34(41(33)57-46)18-17-30(3)4/h12-13,15-17,19-20,22,24,37-38,52H,6,14,18,21,23,25-28H2,1-5,7-11H3,(H,55,56)/b31-19-. The molecule has 0 spiro atoms. The van der Waals surface area contributed by atoms with E-state index in [1.807, 2.05) is 78.0 Å². The molecule has 3 aliphatic heterocycles. The van der Waals surface area contributed by atoms with Crippen LogP contribution in [0.15, 0.2) is 77.6 Å². The third kappa shape index (κ3) is 8.16. The largest absolute Gasteiger partial charge is 0.506 e. The first-order valence-corrected chi connectivity index (χ1v) is 20.7. The Morgan fingerprint density at radius 1 is 1.00 bits per heavy atom. The number of rotatable bonds is 11. The van der Waals surface area contributed by atoms with Crippen LogP contribution in [0.5, 0.6) is 17.2 Å². The number of piperazine rings is 1. The van der Waals surface area contributed by atoms with Gasteiger partial charge in [0, 0.05) is 55.5 Å². The van der Waals surface area contributed by atoms with Gasteiger partial charge in [-0.3, -0.25) is 14.5 Å². The van der Waals surface area contributed by atoms with E-state index in [0.29, 0.717) is 55.9 Å². The molecule has 11 nitrogen and oxygen atoms in total. The van der Waals surface area contributed by atoms with Crippen molar-refractivity contribution in [3.63, 3.8) is 0 Å². The van der Waals surface area contributed by atoms with Crippen LogP contribution in [0.4, 0.5) is 5.82 Å². The molecule has 5 atom stereocenters. The highest BCUT2D eigenvalue weighted by atomic mass is 16.6. The predicted molar refractivity (Wildman–Crippen MR) is 230 cm³/mol. The van der Waals surface area contributed by atoms with Crippen LogP contribution < -0.4 is 14.4 Å². The topological polar surface area (TPSA) is 139 Å². The number of carbonyl (C=O) groups excluding carboxylic acids is 2. The van der Waals surface area contributed by atoms with E-state index in [1.54, 1.807) is 13.1 Å². The van der Waals surface area contributed by atoms with E-state index in [2.05, 4.69) is 41.3 Å². The van der Waals surface area contributed by atoms with Gasteiger partial charge in [-0.2, -0.15) is 0 Å². The SMILES string of the molecule is C=C1C(=O)C(C/C=C(/C)C(=O)O)(OC(C)(C)C)C2(C)Oc3c(CC=C(C)C)c4c(c(O)c3C(=O)C2C1N1CCN(c2ccccn2)CC1)C=CC(C)(CCC=C(C)C)O4. The van der Waals surface area contributed by atoms with E-state index in [4.69, 9.17) is 14.2 Å². The van der Waals surface area contributed by atoms with Crippen molar-refractivity contribution in [3.8, 4) is 17.2 Å². The molecule has 0 bridgehead atoms. The first-order chi connectivity index (χ1) is 27.6. The van der Waals surface area contributed by atoms with Crippen molar-refractivity contribution in [3.05, 3.63) is 94.3 Å². The van der Waals surface area contributed by atoms with Gasteiger partial charge >= 0.3 is 5.97 Å². The van der Waals surface area contributed by atoms with Crippen LogP contribution in [-0.2, 0) is 20.7 Å². The zero-order valence-electron chi connectivity index (χ0n) is 36.4. The van der Waals surface area contributed by atoms with E-state index >= 15 is 9.59 Å². The molecule has 1 saturated heterocycles. The summed E-state index contributed by atoms with van der Waals surface area (Å²) in [7, 11) is 0. The van der Waals surface area contributed by atoms with Gasteiger partial charge in [0.05, 0.1) is 23.1 Å². The monoisotopic (exact) mass is 807 g/mol. The zero-order chi connectivity index (χ0) is 43.2. The fraction of sp³-hybridized carbons (Fsp3) is 0.500. The summed E-state index contributed by atoms with van der Waals surface area (Å²) in [5.74, 6) is -2.01. The molecule has 1 aromatic heterocycles. The maximum atomic E-state index is 15.8. The zero-order valence-corrected chi connectivity index (χ0v) is 36.4. The number of anilines is 1. The molecule has 11 heteroatoms. The molecule has 4 aliphatic rings. The van der Waals surface area contributed by atoms with Gasteiger partial charge in [0.15, 0.2) is 22.8 Å². The van der Waals surface area contributed by atoms with E-state index in [1.165, 1.54) is 18.6 Å². The molecule has 1 aliphatic carbocycles. The van der Waals surface area contributed by atoms with Crippen molar-refractivity contribution >= 4 is 29.4 Å². The fourth-order valence-electron chi connectivity index (χ4n) is 9.05. The maximum Gasteiger partial charge on any atom is 0.330 e. The maximum absolute atomic E-state index is 15.8. The Morgan fingerprint density at radius 2 is 1.68 bits per heavy atom. The number of ketones is 2. The number of phenols is 1. The third-order valence-corrected chi connectivity index (χ3v) is 12.1. The Kier molecular flexibility index (Phi) is 12.0. The lowest BCUT2D eigenvalue weighted by molar-refractivity contribution is -0.230. The first-order valence-electron chi connectivity index (χ1n) is 20.7. The Hall–Kier alpha value is -5.00. The third-order valence-electron chi connectivity index (χ3n) is 12.1. The molecule has 2 fully saturated rings. The van der Waals surface area contributed by atoms with Crippen LogP contribution in [0.2, 0.25) is 0 Å². The number of hydrogen-bond acceptors (Lipinski definition) is 10. The van der Waals surface area contributed by atoms with Crippen molar-refractivity contribution < 1.29 is 38.8 Å². The van der Waals surface area contributed by atoms with E-state index in [0.717, 1.165) is 17.8 Å². The molecule has 0 radical (unpaired) electrons. The van der Waals surface area contributed by atoms with Crippen molar-refractivity contribution in [2.24, 2.45) is 5.92 Å². The molecule has 59 heavy (non-hydrogen) atoms. The second kappa shape index (κ2) is 16.2. The van der Waals surface area contributed by atoms with Gasteiger partial charge < -0.3 is 29.3 Å². The number of aromatic nitrogens is 1. The molecule has 2 aromatic rings. The quantitative estimate of drug-likeness (QED) is 0.167. The molecule has 1 saturated carbocycles. The number of hydrogen-bond donors (Lipinski definition) is 2. The minimum atomic E-state index is -1.91. The lowest BCUT2D eigenvalue weighted by Gasteiger charge is -2.60. The molecule has 316 valence electrons. The van der Waals surface area contributed by atoms with Crippen LogP contribution in [0.3, 0.4) is 0 Å². The molecular formula is C48H61N3O8. The van der Waals surface area contributed by atoms with Gasteiger partial charge in [0.2, 0.25) is 0 Å². The Bertz CT molecular complexity index is 2150. The summed E-state index contributed by atoms with van der Waals surface area (Å²) >= 11 is 0. The lowest BCUT2D eigenvalue weighted by Crippen LogP contribution is -2.77. The minimum absolute atomic E-state index is 0.0132. The van der Waals surface area contributed by atoms with Gasteiger partial charge in [0.1, 0.15) is 34.2 Å². The van der Waals surface area contributed by atoms with Gasteiger partial charge in [-0.15, -0.1) is 0 Å². The van der Waals surface area contributed by atoms with E-state index < -0.39 is 51.9 Å². The summed E-state index contributed by atoms with van der Waals surface area (Å²) in [6.07, 6.45) is 12.7. The van der Waals surface area contributed by atoms with Crippen LogP contribution in [-0.4, -0.2) is 92.3 Å². The van der Waals surface area contributed by atoms with Crippen LogP contribution in [0, 0.1) is 5.92 Å². The number of nitrogens with zero attached hydrogens (tertiary/aromatic N) is 3. The number of carboxylic acid groups (broad SMARTS) is 1. The number of pyridine rings is 1. The summed E-state index contributed by atoms with van der Waals surface area (Å²) in [4.78, 5) is 52.2. The number of benzene rings is 1. The number of phenolic OH excluding ortho intramolecular Hbond substituents is 1. The molecule has 2 N–H and O–H groups in total. The summed E-state index contributed by atoms with van der Waals surface area (Å²) in [6.45, 7) is 25.2. The van der Waals surface area contributed by atoms with Gasteiger partial charge in [0.25, 0.3) is 0 Å². The van der Waals surface area contributed by atoms with Crippen LogP contribution in [0.25, 0.3) is 6.08 Å². The highest BCUT2D eigenvalue weighted by molar-refractivity contribution is 6.13. The van der Waals surface area contributed by atoms with Crippen molar-refractivity contribution in [2.45, 2.75) is 123 Å². The molecule has 4 heterocycles. The van der Waals surface area contributed by atoms with Gasteiger partial charge in [-0.05, 0) is 113 Å². The van der Waals surface area contributed by atoms with Gasteiger partial charge in [-0.1, -0.05) is 42.0 Å². The van der Waals surface area contributed by atoms with Gasteiger partial charge in [-0.25, -0.2) is 9.78 Å². The summed E-state index contributed by atoms with van der Waals surface area (Å²) in [5.41, 5.74) is -1.96. The number of carbonyl (C=O) groups is 3. The van der Waals surface area contributed by atoms with Crippen molar-refractivity contribution in [1.82, 2.24) is 9.88 Å². The Balaban J connectivity index is 1.58. The first kappa shape index (κ1) is 43.6. The molecule has 0 amide bonds. The number of ether oxygens (including phenoxy) is 3. The minimum Gasteiger partial charge on any atom is -0.506 e. The smallest absolute Gasteiger partial charge is 0.330 e. The predicted octanol–water partition coefficient (Wildman–Crippen LogP) is 8.46. The Labute approximate surface area is 349 Å². The fourth-order valence-corrected chi connectivity index (χ4v) is 9.05. The van der Waals surface area contributed by atoms with Crippen LogP contribution >= 0.6 is 0 Å². The lowest BCUT2D eigenvalue weighted by atomic mass is 9.56. The van der Waals surface area contributed by atoms with Crippen molar-refractivity contribution in [1.29, 1.82) is 0 Å². The molecular weight excluding hydrogens is 747 g/mol. The summed E-state index contributed by atoms with van der Waals surface area (Å²) in [6, 6.07) is 4.93. The second-order valence-corrected chi connectivity index (χ2v) is 18.3. The summed E-state index contributed by atoms with van der Waals surface area (Å²) < 4.78 is 21.1. The number of carboxylic acids is 1. The molecule has 1 aromatic carbocycles. The number of aromatic hydroxyl groups is 1. The Morgan fingerprint density at radius 3 is 2.27 bits per heavy atom. The van der Waals surface area contributed by atoms with Crippen LogP contribution in [0.1, 0.15) is 110 Å². The van der Waals surface area contributed by atoms with Crippen molar-refractivity contribution in [2.75, 3.05) is 31.1 Å². The molecule has 5 unspecified atom stereocenters. The number of fused-ring (bicyclic) bond motifs is 3. The highest BCUT2D eigenvalue weighted by Gasteiger charge is 2.72. The van der Waals surface area contributed by atoms with E-state index in [9.17, 15) is 15.0 Å². The summed E-state index contributed by atoms with van der Waals surface area (Å²) in [5, 5.41) is 22.3. The average Bonchev–Trinajstić information content (AvgIpc) is 3.16. The number of allylic oxidation sites excluding steroid dienone is 4. The van der Waals surface area contributed by atoms with E-state index in [-0.39, 0.29) is 34.6 Å². The average molecular weight is 808 g/mol. The molecule has 6 rings (SSSR count).